The number of alkyl halides is 3. The lowest BCUT2D eigenvalue weighted by atomic mass is 9.97. The van der Waals surface area contributed by atoms with Crippen LogP contribution in [0.15, 0.2) is 0 Å². The third-order valence-electron chi connectivity index (χ3n) is 3.28. The first-order valence-electron chi connectivity index (χ1n) is 6.54. The summed E-state index contributed by atoms with van der Waals surface area (Å²) in [5, 5.41) is 11.9. The molecule has 0 radical (unpaired) electrons. The Bertz CT molecular complexity index is 296. The summed E-state index contributed by atoms with van der Waals surface area (Å²) in [7, 11) is 1.72. The fourth-order valence-corrected chi connectivity index (χ4v) is 1.78. The van der Waals surface area contributed by atoms with Crippen molar-refractivity contribution in [3.63, 3.8) is 0 Å². The second kappa shape index (κ2) is 7.71. The Balaban J connectivity index is 4.12. The molecule has 0 aromatic heterocycles. The third-order valence-corrected chi connectivity index (χ3v) is 3.28. The van der Waals surface area contributed by atoms with Crippen molar-refractivity contribution in [2.45, 2.75) is 57.8 Å². The zero-order chi connectivity index (χ0) is 15.1. The molecule has 0 saturated heterocycles. The first-order valence-corrected chi connectivity index (χ1v) is 6.54. The molecule has 0 heterocycles. The third kappa shape index (κ3) is 8.06. The van der Waals surface area contributed by atoms with Gasteiger partial charge in [0, 0.05) is 6.04 Å². The number of unbranched alkanes of at least 4 members (excludes halogenated alkanes) is 1. The van der Waals surface area contributed by atoms with Crippen LogP contribution in [0.2, 0.25) is 0 Å². The average molecular weight is 279 g/mol. The van der Waals surface area contributed by atoms with Crippen molar-refractivity contribution in [2.24, 2.45) is 0 Å². The van der Waals surface area contributed by atoms with E-state index in [1.54, 1.807) is 27.8 Å². The van der Waals surface area contributed by atoms with E-state index in [1.807, 2.05) is 0 Å². The van der Waals surface area contributed by atoms with Gasteiger partial charge in [0.25, 0.3) is 0 Å². The normalized spacial score (nSPS) is 15.6. The van der Waals surface area contributed by atoms with Gasteiger partial charge in [-0.3, -0.25) is 4.90 Å². The van der Waals surface area contributed by atoms with E-state index in [0.29, 0.717) is 19.4 Å². The molecule has 0 aromatic rings. The smallest absolute Gasteiger partial charge is 0.303 e. The molecule has 19 heavy (non-hydrogen) atoms. The van der Waals surface area contributed by atoms with E-state index in [2.05, 4.69) is 11.4 Å². The maximum atomic E-state index is 12.4. The number of rotatable bonds is 8. The van der Waals surface area contributed by atoms with Gasteiger partial charge < -0.3 is 5.32 Å². The predicted molar refractivity (Wildman–Crippen MR) is 69.7 cm³/mol. The fourth-order valence-electron chi connectivity index (χ4n) is 1.78. The summed E-state index contributed by atoms with van der Waals surface area (Å²) in [6.07, 6.45) is -2.13. The highest BCUT2D eigenvalue weighted by molar-refractivity contribution is 5.02. The van der Waals surface area contributed by atoms with Crippen LogP contribution in [0.3, 0.4) is 0 Å². The van der Waals surface area contributed by atoms with Gasteiger partial charge in [-0.25, -0.2) is 0 Å². The summed E-state index contributed by atoms with van der Waals surface area (Å²) in [5.74, 6) is 0. The van der Waals surface area contributed by atoms with Gasteiger partial charge >= 0.3 is 6.18 Å². The van der Waals surface area contributed by atoms with Crippen molar-refractivity contribution in [3.8, 4) is 6.07 Å². The van der Waals surface area contributed by atoms with Crippen LogP contribution in [-0.4, -0.2) is 42.8 Å². The average Bonchev–Trinajstić information content (AvgIpc) is 2.31. The van der Waals surface area contributed by atoms with Crippen LogP contribution in [0, 0.1) is 11.3 Å². The number of halogens is 3. The Morgan fingerprint density at radius 3 is 2.21 bits per heavy atom. The number of nitrogens with one attached hydrogen (secondary N) is 1. The largest absolute Gasteiger partial charge is 0.401 e. The number of nitrogens with zero attached hydrogens (tertiary/aromatic N) is 2. The van der Waals surface area contributed by atoms with E-state index >= 15 is 0 Å². The lowest BCUT2D eigenvalue weighted by molar-refractivity contribution is -0.149. The number of hydrogen-bond acceptors (Lipinski definition) is 3. The van der Waals surface area contributed by atoms with E-state index in [1.165, 1.54) is 4.90 Å². The van der Waals surface area contributed by atoms with E-state index < -0.39 is 18.3 Å². The minimum Gasteiger partial charge on any atom is -0.303 e. The molecule has 0 amide bonds. The van der Waals surface area contributed by atoms with Gasteiger partial charge in [0.2, 0.25) is 0 Å². The maximum absolute atomic E-state index is 12.4. The van der Waals surface area contributed by atoms with Gasteiger partial charge in [0.15, 0.2) is 0 Å². The molecule has 0 aliphatic heterocycles. The van der Waals surface area contributed by atoms with Crippen LogP contribution < -0.4 is 5.32 Å². The lowest BCUT2D eigenvalue weighted by Crippen LogP contribution is -2.40. The molecule has 0 aliphatic carbocycles. The molecule has 112 valence electrons. The van der Waals surface area contributed by atoms with Crippen molar-refractivity contribution >= 4 is 0 Å². The topological polar surface area (TPSA) is 39.1 Å². The molecule has 0 rings (SSSR count). The van der Waals surface area contributed by atoms with Crippen LogP contribution in [-0.2, 0) is 0 Å². The van der Waals surface area contributed by atoms with Crippen LogP contribution in [0.1, 0.15) is 40.0 Å². The molecular formula is C13H24F3N3. The first kappa shape index (κ1) is 18.2. The summed E-state index contributed by atoms with van der Waals surface area (Å²) < 4.78 is 37.1. The minimum atomic E-state index is -4.16. The van der Waals surface area contributed by atoms with Crippen LogP contribution in [0.25, 0.3) is 0 Å². The molecule has 1 unspecified atom stereocenters. The van der Waals surface area contributed by atoms with Gasteiger partial charge in [-0.2, -0.15) is 18.4 Å². The van der Waals surface area contributed by atoms with Crippen LogP contribution >= 0.6 is 0 Å². The van der Waals surface area contributed by atoms with E-state index in [9.17, 15) is 13.2 Å². The molecule has 6 heteroatoms. The SMILES string of the molecule is CNC(C)(C#N)CCCCN(CC(F)(F)F)C(C)C. The van der Waals surface area contributed by atoms with Crippen LogP contribution in [0.4, 0.5) is 13.2 Å². The monoisotopic (exact) mass is 279 g/mol. The minimum absolute atomic E-state index is 0.131. The second-order valence-electron chi connectivity index (χ2n) is 5.33. The highest BCUT2D eigenvalue weighted by Gasteiger charge is 2.31. The van der Waals surface area contributed by atoms with Crippen molar-refractivity contribution < 1.29 is 13.2 Å². The summed E-state index contributed by atoms with van der Waals surface area (Å²) in [6, 6.07) is 2.04. The highest BCUT2D eigenvalue weighted by atomic mass is 19.4. The van der Waals surface area contributed by atoms with Gasteiger partial charge in [-0.05, 0) is 53.6 Å². The van der Waals surface area contributed by atoms with Crippen LogP contribution in [0.5, 0.6) is 0 Å². The van der Waals surface area contributed by atoms with Crippen molar-refractivity contribution in [2.75, 3.05) is 20.1 Å². The summed E-state index contributed by atoms with van der Waals surface area (Å²) >= 11 is 0. The Hall–Kier alpha value is -0.800. The van der Waals surface area contributed by atoms with Crippen molar-refractivity contribution in [1.82, 2.24) is 10.2 Å². The fraction of sp³-hybridized carbons (Fsp3) is 0.923. The highest BCUT2D eigenvalue weighted by Crippen LogP contribution is 2.19. The van der Waals surface area contributed by atoms with Crippen molar-refractivity contribution in [1.29, 1.82) is 5.26 Å². The molecule has 3 nitrogen and oxygen atoms in total. The van der Waals surface area contributed by atoms with Gasteiger partial charge in [0.05, 0.1) is 12.6 Å². The first-order chi connectivity index (χ1) is 8.63. The van der Waals surface area contributed by atoms with Gasteiger partial charge in [-0.15, -0.1) is 0 Å². The molecule has 0 aromatic carbocycles. The maximum Gasteiger partial charge on any atom is 0.401 e. The Morgan fingerprint density at radius 2 is 1.84 bits per heavy atom. The Kier molecular flexibility index (Phi) is 7.38. The van der Waals surface area contributed by atoms with E-state index in [-0.39, 0.29) is 6.04 Å². The zero-order valence-electron chi connectivity index (χ0n) is 12.1. The second-order valence-corrected chi connectivity index (χ2v) is 5.33. The summed E-state index contributed by atoms with van der Waals surface area (Å²) in [6.45, 7) is 4.86. The van der Waals surface area contributed by atoms with E-state index in [4.69, 9.17) is 5.26 Å². The molecule has 0 bridgehead atoms. The molecule has 1 atom stereocenters. The quantitative estimate of drug-likeness (QED) is 0.694. The molecular weight excluding hydrogens is 255 g/mol. The van der Waals surface area contributed by atoms with Gasteiger partial charge in [0.1, 0.15) is 5.54 Å². The molecule has 1 N–H and O–H groups in total. The number of nitriles is 1. The van der Waals surface area contributed by atoms with Crippen molar-refractivity contribution in [3.05, 3.63) is 0 Å². The lowest BCUT2D eigenvalue weighted by Gasteiger charge is -2.28. The summed E-state index contributed by atoms with van der Waals surface area (Å²) in [5.41, 5.74) is -0.591. The zero-order valence-corrected chi connectivity index (χ0v) is 12.1. The Labute approximate surface area is 113 Å². The standard InChI is InChI=1S/C13H24F3N3/c1-11(2)19(10-13(14,15)16)8-6-5-7-12(3,9-17)18-4/h11,18H,5-8,10H2,1-4H3. The Morgan fingerprint density at radius 1 is 1.26 bits per heavy atom. The predicted octanol–water partition coefficient (Wildman–Crippen LogP) is 2.93. The molecule has 0 fully saturated rings. The summed E-state index contributed by atoms with van der Waals surface area (Å²) in [4.78, 5) is 1.42. The molecule has 0 spiro atoms. The van der Waals surface area contributed by atoms with Gasteiger partial charge in [-0.1, -0.05) is 0 Å². The van der Waals surface area contributed by atoms with E-state index in [0.717, 1.165) is 6.42 Å². The number of hydrogen-bond donors (Lipinski definition) is 1. The molecule has 0 aliphatic rings. The molecule has 0 saturated carbocycles.